The Hall–Kier alpha value is -1.82. The Morgan fingerprint density at radius 2 is 1.38 bits per heavy atom. The molecule has 0 aliphatic carbocycles. The van der Waals surface area contributed by atoms with Gasteiger partial charge in [0.25, 0.3) is 0 Å². The summed E-state index contributed by atoms with van der Waals surface area (Å²) < 4.78 is 0. The Kier molecular flexibility index (Phi) is 4.55. The number of benzene rings is 3. The van der Waals surface area contributed by atoms with Gasteiger partial charge in [-0.05, 0) is 46.0 Å². The van der Waals surface area contributed by atoms with Crippen molar-refractivity contribution in [2.45, 2.75) is 39.0 Å². The Labute approximate surface area is 127 Å². The summed E-state index contributed by atoms with van der Waals surface area (Å²) in [7, 11) is 0. The summed E-state index contributed by atoms with van der Waals surface area (Å²) in [5.74, 6) is 0. The Morgan fingerprint density at radius 1 is 0.762 bits per heavy atom. The lowest BCUT2D eigenvalue weighted by atomic mass is 9.93. The van der Waals surface area contributed by atoms with E-state index in [9.17, 15) is 0 Å². The minimum atomic E-state index is 1.18. The second-order valence-electron chi connectivity index (χ2n) is 5.79. The van der Waals surface area contributed by atoms with Gasteiger partial charge in [0, 0.05) is 0 Å². The van der Waals surface area contributed by atoms with E-state index >= 15 is 0 Å². The molecule has 1 radical (unpaired) electrons. The van der Waals surface area contributed by atoms with Crippen LogP contribution in [0.5, 0.6) is 0 Å². The second kappa shape index (κ2) is 6.76. The van der Waals surface area contributed by atoms with Crippen molar-refractivity contribution >= 4 is 21.5 Å². The molecule has 0 nitrogen and oxygen atoms in total. The van der Waals surface area contributed by atoms with Crippen LogP contribution in [0.4, 0.5) is 0 Å². The van der Waals surface area contributed by atoms with Crippen LogP contribution in [0.1, 0.15) is 44.6 Å². The van der Waals surface area contributed by atoms with E-state index in [4.69, 9.17) is 0 Å². The van der Waals surface area contributed by atoms with Crippen molar-refractivity contribution in [3.8, 4) is 0 Å². The lowest BCUT2D eigenvalue weighted by Crippen LogP contribution is -1.89. The van der Waals surface area contributed by atoms with Crippen LogP contribution < -0.4 is 0 Å². The maximum atomic E-state index is 2.44. The van der Waals surface area contributed by atoms with Gasteiger partial charge in [-0.15, -0.1) is 0 Å². The van der Waals surface area contributed by atoms with Crippen molar-refractivity contribution in [1.29, 1.82) is 0 Å². The molecular formula is C21H23. The zero-order valence-electron chi connectivity index (χ0n) is 12.8. The highest BCUT2D eigenvalue weighted by Gasteiger charge is 2.07. The first-order valence-corrected chi connectivity index (χ1v) is 8.14. The van der Waals surface area contributed by atoms with E-state index in [1.165, 1.54) is 59.2 Å². The van der Waals surface area contributed by atoms with Gasteiger partial charge >= 0.3 is 0 Å². The van der Waals surface area contributed by atoms with Gasteiger partial charge in [0.1, 0.15) is 0 Å². The molecule has 0 saturated heterocycles. The average Bonchev–Trinajstić information content (AvgIpc) is 2.53. The summed E-state index contributed by atoms with van der Waals surface area (Å²) >= 11 is 0. The van der Waals surface area contributed by atoms with Crippen molar-refractivity contribution in [1.82, 2.24) is 0 Å². The molecule has 3 aromatic rings. The third-order valence-corrected chi connectivity index (χ3v) is 4.22. The lowest BCUT2D eigenvalue weighted by molar-refractivity contribution is 0.666. The van der Waals surface area contributed by atoms with Crippen LogP contribution in [0.2, 0.25) is 0 Å². The standard InChI is InChI=1S/C21H23/c1-2-3-4-5-6-15-21-19-13-9-7-11-17(19)16-18-12-8-10-14-20(18)21/h7-16H,2-6H2,1H3. The monoisotopic (exact) mass is 275 g/mol. The summed E-state index contributed by atoms with van der Waals surface area (Å²) in [5, 5.41) is 5.45. The van der Waals surface area contributed by atoms with Gasteiger partial charge in [-0.2, -0.15) is 0 Å². The van der Waals surface area contributed by atoms with Crippen LogP contribution in [0, 0.1) is 6.42 Å². The summed E-state index contributed by atoms with van der Waals surface area (Å²) in [4.78, 5) is 0. The number of hydrogen-bond donors (Lipinski definition) is 0. The minimum Gasteiger partial charge on any atom is -0.0654 e. The maximum absolute atomic E-state index is 2.44. The molecule has 0 heterocycles. The van der Waals surface area contributed by atoms with Crippen LogP contribution in [0.25, 0.3) is 21.5 Å². The van der Waals surface area contributed by atoms with Crippen LogP contribution in [0.3, 0.4) is 0 Å². The van der Waals surface area contributed by atoms with Crippen molar-refractivity contribution in [2.75, 3.05) is 0 Å². The first kappa shape index (κ1) is 14.1. The molecule has 21 heavy (non-hydrogen) atoms. The SMILES string of the molecule is CCCCCC[CH]c1c2ccccc2cc2ccccc12. The van der Waals surface area contributed by atoms with E-state index in [-0.39, 0.29) is 0 Å². The highest BCUT2D eigenvalue weighted by molar-refractivity contribution is 6.03. The maximum Gasteiger partial charge on any atom is -0.00803 e. The van der Waals surface area contributed by atoms with Crippen LogP contribution in [-0.4, -0.2) is 0 Å². The molecule has 0 unspecified atom stereocenters. The summed E-state index contributed by atoms with van der Waals surface area (Å²) in [6.07, 6.45) is 8.92. The smallest absolute Gasteiger partial charge is 0.00803 e. The molecule has 0 amide bonds. The predicted molar refractivity (Wildman–Crippen MR) is 93.6 cm³/mol. The summed E-state index contributed by atoms with van der Waals surface area (Å²) in [5.41, 5.74) is 1.42. The average molecular weight is 275 g/mol. The third kappa shape index (κ3) is 3.10. The number of hydrogen-bond acceptors (Lipinski definition) is 0. The molecule has 0 aliphatic rings. The van der Waals surface area contributed by atoms with Crippen molar-refractivity contribution in [2.24, 2.45) is 0 Å². The second-order valence-corrected chi connectivity index (χ2v) is 5.79. The lowest BCUT2D eigenvalue weighted by Gasteiger charge is -2.11. The third-order valence-electron chi connectivity index (χ3n) is 4.22. The molecule has 0 atom stereocenters. The fraction of sp³-hybridized carbons (Fsp3) is 0.286. The number of unbranched alkanes of at least 4 members (excludes halogenated alkanes) is 4. The fourth-order valence-corrected chi connectivity index (χ4v) is 3.09. The first-order chi connectivity index (χ1) is 10.4. The molecule has 0 saturated carbocycles. The van der Waals surface area contributed by atoms with E-state index < -0.39 is 0 Å². The van der Waals surface area contributed by atoms with Crippen molar-refractivity contribution in [3.05, 3.63) is 66.6 Å². The zero-order chi connectivity index (χ0) is 14.5. The Bertz CT molecular complexity index is 670. The predicted octanol–water partition coefficient (Wildman–Crippen LogP) is 6.52. The fourth-order valence-electron chi connectivity index (χ4n) is 3.09. The largest absolute Gasteiger partial charge is 0.0654 e. The number of rotatable bonds is 6. The molecule has 0 spiro atoms. The molecule has 0 bridgehead atoms. The van der Waals surface area contributed by atoms with E-state index in [0.717, 1.165) is 0 Å². The molecule has 0 aromatic heterocycles. The molecule has 3 aromatic carbocycles. The highest BCUT2D eigenvalue weighted by atomic mass is 14.1. The highest BCUT2D eigenvalue weighted by Crippen LogP contribution is 2.30. The van der Waals surface area contributed by atoms with Crippen molar-refractivity contribution < 1.29 is 0 Å². The van der Waals surface area contributed by atoms with E-state index in [1.54, 1.807) is 0 Å². The normalized spacial score (nSPS) is 11.3. The van der Waals surface area contributed by atoms with Crippen molar-refractivity contribution in [3.63, 3.8) is 0 Å². The molecular weight excluding hydrogens is 252 g/mol. The van der Waals surface area contributed by atoms with Gasteiger partial charge in [0.15, 0.2) is 0 Å². The van der Waals surface area contributed by atoms with Gasteiger partial charge in [-0.3, -0.25) is 0 Å². The molecule has 0 N–H and O–H groups in total. The quantitative estimate of drug-likeness (QED) is 0.355. The van der Waals surface area contributed by atoms with Crippen LogP contribution in [-0.2, 0) is 0 Å². The minimum absolute atomic E-state index is 1.18. The van der Waals surface area contributed by atoms with Gasteiger partial charge < -0.3 is 0 Å². The summed E-state index contributed by atoms with van der Waals surface area (Å²) in [6, 6.07) is 19.8. The van der Waals surface area contributed by atoms with E-state index in [1.807, 2.05) is 0 Å². The molecule has 3 rings (SSSR count). The Balaban J connectivity index is 1.96. The van der Waals surface area contributed by atoms with Gasteiger partial charge in [0.2, 0.25) is 0 Å². The Morgan fingerprint density at radius 3 is 2.00 bits per heavy atom. The van der Waals surface area contributed by atoms with E-state index in [0.29, 0.717) is 0 Å². The van der Waals surface area contributed by atoms with Gasteiger partial charge in [-0.1, -0.05) is 81.1 Å². The number of fused-ring (bicyclic) bond motifs is 2. The van der Waals surface area contributed by atoms with E-state index in [2.05, 4.69) is 67.9 Å². The zero-order valence-corrected chi connectivity index (χ0v) is 12.8. The van der Waals surface area contributed by atoms with Gasteiger partial charge in [-0.25, -0.2) is 0 Å². The first-order valence-electron chi connectivity index (χ1n) is 8.14. The van der Waals surface area contributed by atoms with Crippen LogP contribution in [0.15, 0.2) is 54.6 Å². The van der Waals surface area contributed by atoms with Gasteiger partial charge in [0.05, 0.1) is 0 Å². The molecule has 0 heteroatoms. The topological polar surface area (TPSA) is 0 Å². The van der Waals surface area contributed by atoms with Crippen LogP contribution >= 0.6 is 0 Å². The summed E-state index contributed by atoms with van der Waals surface area (Å²) in [6.45, 7) is 2.27. The molecule has 107 valence electrons. The molecule has 0 fully saturated rings. The molecule has 0 aliphatic heterocycles.